The van der Waals surface area contributed by atoms with E-state index in [-0.39, 0.29) is 84.5 Å². The Bertz CT molecular complexity index is 1560. The number of methoxy groups -OCH3 is 4. The van der Waals surface area contributed by atoms with Crippen LogP contribution in [0, 0.1) is 40.4 Å². The molecule has 2 saturated heterocycles. The Labute approximate surface area is 287 Å². The number of rotatable bonds is 9. The standard InChI is InChI=1S/C37H50N2O10/c1-7-38-17-34(18-49-32(42)20-10-8-9-11-23(20)39-26(40)14-19(2)31(39)41)13-12-25(46-4)36-22-15-21-24(45-3)16-35(43,27(22)28(21)47-5)37(44,33(36)38)30(48-6)29(34)36/h8-11,19,21-22,24-25,27-30,33,43-44H,7,12-18H2,1-6H3/t19-,21+,22+,24-,25+,27+,28-,29+,30-,33-,34-,35+,36-,37+/m0/s1. The lowest BCUT2D eigenvalue weighted by atomic mass is 9.42. The number of likely N-dealkylation sites (tertiary alicyclic amines) is 1. The first-order valence-corrected chi connectivity index (χ1v) is 17.9. The summed E-state index contributed by atoms with van der Waals surface area (Å²) in [6.45, 7) is 4.95. The number of likely N-dealkylation sites (N-methyl/N-ethyl adjacent to an activating group) is 1. The molecule has 0 unspecified atom stereocenters. The third-order valence-electron chi connectivity index (χ3n) is 14.5. The second kappa shape index (κ2) is 11.3. The minimum absolute atomic E-state index is 0.0358. The summed E-state index contributed by atoms with van der Waals surface area (Å²) >= 11 is 0. The molecule has 2 heterocycles. The predicted octanol–water partition coefficient (Wildman–Crippen LogP) is 2.04. The van der Waals surface area contributed by atoms with E-state index in [2.05, 4.69) is 11.8 Å². The van der Waals surface area contributed by atoms with Crippen molar-refractivity contribution < 1.29 is 48.3 Å². The lowest BCUT2D eigenvalue weighted by molar-refractivity contribution is -0.320. The number of esters is 1. The number of hydrogen-bond acceptors (Lipinski definition) is 11. The third-order valence-corrected chi connectivity index (χ3v) is 14.5. The second-order valence-corrected chi connectivity index (χ2v) is 16.0. The van der Waals surface area contributed by atoms with Crippen molar-refractivity contribution in [3.05, 3.63) is 29.8 Å². The van der Waals surface area contributed by atoms with E-state index in [1.807, 2.05) is 0 Å². The van der Waals surface area contributed by atoms with Gasteiger partial charge in [-0.1, -0.05) is 26.0 Å². The Morgan fingerprint density at radius 3 is 2.43 bits per heavy atom. The molecule has 7 aliphatic rings. The van der Waals surface area contributed by atoms with Crippen LogP contribution in [-0.2, 0) is 33.3 Å². The first kappa shape index (κ1) is 33.7. The van der Waals surface area contributed by atoms with E-state index in [9.17, 15) is 24.6 Å². The number of carbonyl (C=O) groups excluding carboxylic acids is 3. The lowest BCUT2D eigenvalue weighted by Gasteiger charge is -2.70. The molecule has 12 nitrogen and oxygen atoms in total. The molecular weight excluding hydrogens is 632 g/mol. The number of ether oxygens (including phenoxy) is 5. The van der Waals surface area contributed by atoms with Gasteiger partial charge in [0.15, 0.2) is 0 Å². The van der Waals surface area contributed by atoms with Crippen LogP contribution in [0.5, 0.6) is 0 Å². The normalized spacial score (nSPS) is 48.0. The van der Waals surface area contributed by atoms with E-state index in [0.29, 0.717) is 25.9 Å². The summed E-state index contributed by atoms with van der Waals surface area (Å²) in [6.07, 6.45) is 0.813. The molecule has 1 aromatic carbocycles. The molecule has 1 aromatic rings. The summed E-state index contributed by atoms with van der Waals surface area (Å²) in [4.78, 5) is 43.3. The molecule has 0 aromatic heterocycles. The summed E-state index contributed by atoms with van der Waals surface area (Å²) in [6, 6.07) is 6.12. The van der Waals surface area contributed by atoms with Crippen molar-refractivity contribution in [3.8, 4) is 0 Å². The number of para-hydroxylation sites is 1. The molecule has 2 amide bonds. The van der Waals surface area contributed by atoms with E-state index in [1.165, 1.54) is 0 Å². The SMILES string of the molecule is CCN1C[C@]2(COC(=O)c3ccccc3N3C(=O)C[C@H](C)C3=O)CC[C@@H](OC)[C@@]34[C@@H]5C[C@H]6[C@H](OC)[C@@H]5[C@](O)(C[C@@H]6OC)[C@@](O)([C@@H](OC)[C@H]23)[C@@H]14. The molecule has 8 rings (SSSR count). The molecule has 14 atom stereocenters. The molecular formula is C37H50N2O10. The number of piperidine rings is 1. The van der Waals surface area contributed by atoms with Gasteiger partial charge >= 0.3 is 5.97 Å². The number of fused-ring (bicyclic) bond motifs is 2. The van der Waals surface area contributed by atoms with E-state index in [4.69, 9.17) is 23.7 Å². The molecule has 7 bridgehead atoms. The van der Waals surface area contributed by atoms with Gasteiger partial charge in [-0.05, 0) is 43.9 Å². The number of benzene rings is 1. The Morgan fingerprint density at radius 2 is 1.80 bits per heavy atom. The van der Waals surface area contributed by atoms with Crippen molar-refractivity contribution in [3.63, 3.8) is 0 Å². The predicted molar refractivity (Wildman–Crippen MR) is 174 cm³/mol. The summed E-state index contributed by atoms with van der Waals surface area (Å²) < 4.78 is 31.4. The Kier molecular flexibility index (Phi) is 7.75. The van der Waals surface area contributed by atoms with E-state index in [1.54, 1.807) is 59.6 Å². The molecule has 2 aliphatic heterocycles. The number of imide groups is 1. The van der Waals surface area contributed by atoms with Gasteiger partial charge < -0.3 is 33.9 Å². The fraction of sp³-hybridized carbons (Fsp3) is 0.757. The fourth-order valence-electron chi connectivity index (χ4n) is 13.2. The summed E-state index contributed by atoms with van der Waals surface area (Å²) in [7, 11) is 6.70. The van der Waals surface area contributed by atoms with Gasteiger partial charge in [-0.25, -0.2) is 9.69 Å². The monoisotopic (exact) mass is 682 g/mol. The van der Waals surface area contributed by atoms with Crippen LogP contribution in [0.15, 0.2) is 24.3 Å². The van der Waals surface area contributed by atoms with E-state index < -0.39 is 46.1 Å². The first-order chi connectivity index (χ1) is 23.4. The molecule has 0 radical (unpaired) electrons. The highest BCUT2D eigenvalue weighted by Crippen LogP contribution is 2.80. The van der Waals surface area contributed by atoms with Crippen LogP contribution in [0.3, 0.4) is 0 Å². The van der Waals surface area contributed by atoms with Gasteiger partial charge in [0, 0.05) is 82.3 Å². The third kappa shape index (κ3) is 3.86. The van der Waals surface area contributed by atoms with Crippen molar-refractivity contribution in [1.82, 2.24) is 4.90 Å². The van der Waals surface area contributed by atoms with E-state index in [0.717, 1.165) is 11.3 Å². The average molecular weight is 683 g/mol. The minimum Gasteiger partial charge on any atom is -0.461 e. The molecule has 1 spiro atoms. The number of carbonyl (C=O) groups is 3. The summed E-state index contributed by atoms with van der Waals surface area (Å²) in [5, 5.41) is 26.6. The highest BCUT2D eigenvalue weighted by atomic mass is 16.5. The van der Waals surface area contributed by atoms with Gasteiger partial charge in [-0.3, -0.25) is 14.5 Å². The number of amides is 2. The minimum atomic E-state index is -1.70. The zero-order chi connectivity index (χ0) is 34.8. The van der Waals surface area contributed by atoms with Crippen LogP contribution in [0.1, 0.15) is 56.3 Å². The number of hydrogen-bond donors (Lipinski definition) is 2. The zero-order valence-electron chi connectivity index (χ0n) is 29.3. The first-order valence-electron chi connectivity index (χ1n) is 17.9. The van der Waals surface area contributed by atoms with Gasteiger partial charge in [-0.15, -0.1) is 0 Å². The van der Waals surface area contributed by atoms with Gasteiger partial charge in [0.25, 0.3) is 0 Å². The molecule has 5 saturated carbocycles. The summed E-state index contributed by atoms with van der Waals surface area (Å²) in [5.74, 6) is -2.47. The maximum atomic E-state index is 14.1. The van der Waals surface area contributed by atoms with E-state index >= 15 is 0 Å². The van der Waals surface area contributed by atoms with Crippen LogP contribution in [0.4, 0.5) is 5.69 Å². The van der Waals surface area contributed by atoms with Gasteiger partial charge in [0.2, 0.25) is 11.8 Å². The van der Waals surface area contributed by atoms with Gasteiger partial charge in [-0.2, -0.15) is 0 Å². The molecule has 268 valence electrons. The Hall–Kier alpha value is -2.45. The van der Waals surface area contributed by atoms with Crippen molar-refractivity contribution in [1.29, 1.82) is 0 Å². The van der Waals surface area contributed by atoms with Crippen molar-refractivity contribution in [2.45, 2.75) is 87.6 Å². The highest BCUT2D eigenvalue weighted by molar-refractivity contribution is 6.22. The lowest BCUT2D eigenvalue weighted by Crippen LogP contribution is -2.82. The van der Waals surface area contributed by atoms with Gasteiger partial charge in [0.1, 0.15) is 11.2 Å². The van der Waals surface area contributed by atoms with Crippen LogP contribution < -0.4 is 4.90 Å². The quantitative estimate of drug-likeness (QED) is 0.292. The van der Waals surface area contributed by atoms with Crippen LogP contribution >= 0.6 is 0 Å². The van der Waals surface area contributed by atoms with Crippen LogP contribution in [0.25, 0.3) is 0 Å². The Balaban J connectivity index is 1.23. The van der Waals surface area contributed by atoms with Crippen molar-refractivity contribution in [2.24, 2.45) is 40.4 Å². The maximum absolute atomic E-state index is 14.1. The highest BCUT2D eigenvalue weighted by Gasteiger charge is 2.91. The summed E-state index contributed by atoms with van der Waals surface area (Å²) in [5.41, 5.74) is -4.17. The van der Waals surface area contributed by atoms with Gasteiger partial charge in [0.05, 0.1) is 48.3 Å². The second-order valence-electron chi connectivity index (χ2n) is 16.0. The number of nitrogens with zero attached hydrogens (tertiary/aromatic N) is 2. The topological polar surface area (TPSA) is 144 Å². The molecule has 5 aliphatic carbocycles. The fourth-order valence-corrected chi connectivity index (χ4v) is 13.2. The van der Waals surface area contributed by atoms with Crippen molar-refractivity contribution >= 4 is 23.5 Å². The molecule has 49 heavy (non-hydrogen) atoms. The number of anilines is 1. The zero-order valence-corrected chi connectivity index (χ0v) is 29.3. The molecule has 2 N–H and O–H groups in total. The van der Waals surface area contributed by atoms with Crippen molar-refractivity contribution in [2.75, 3.05) is 53.0 Å². The average Bonchev–Trinajstić information content (AvgIpc) is 3.63. The maximum Gasteiger partial charge on any atom is 0.340 e. The largest absolute Gasteiger partial charge is 0.461 e. The van der Waals surface area contributed by atoms with Crippen LogP contribution in [0.2, 0.25) is 0 Å². The number of aliphatic hydroxyl groups is 2. The Morgan fingerprint density at radius 1 is 1.04 bits per heavy atom. The smallest absolute Gasteiger partial charge is 0.340 e. The van der Waals surface area contributed by atoms with Crippen LogP contribution in [-0.4, -0.2) is 123 Å². The molecule has 7 fully saturated rings. The molecule has 12 heteroatoms.